The van der Waals surface area contributed by atoms with Gasteiger partial charge in [0.25, 0.3) is 5.91 Å². The Balaban J connectivity index is 1.44. The number of carbonyl (C=O) groups is 1. The smallest absolute Gasteiger partial charge is 0.271 e. The Morgan fingerprint density at radius 1 is 1.48 bits per heavy atom. The Morgan fingerprint density at radius 3 is 3.20 bits per heavy atom. The number of aryl methyl sites for hydroxylation is 1. The van der Waals surface area contributed by atoms with E-state index in [1.807, 2.05) is 24.4 Å². The lowest BCUT2D eigenvalue weighted by atomic mass is 9.97. The van der Waals surface area contributed by atoms with Crippen molar-refractivity contribution in [2.75, 3.05) is 6.61 Å². The molecule has 6 heteroatoms. The number of rotatable bonds is 3. The van der Waals surface area contributed by atoms with Crippen molar-refractivity contribution in [2.45, 2.75) is 45.2 Å². The molecule has 1 aromatic carbocycles. The normalized spacial score (nSPS) is 21.8. The zero-order chi connectivity index (χ0) is 17.4. The molecule has 2 aliphatic heterocycles. The molecule has 5 nitrogen and oxygen atoms in total. The van der Waals surface area contributed by atoms with Gasteiger partial charge in [-0.2, -0.15) is 0 Å². The third kappa shape index (κ3) is 3.45. The van der Waals surface area contributed by atoms with Crippen molar-refractivity contribution < 1.29 is 9.53 Å². The number of hydrogen-bond donors (Lipinski definition) is 1. The number of ether oxygens (including phenoxy) is 1. The number of carbonyl (C=O) groups excluding carboxylic acids is 1. The highest BCUT2D eigenvalue weighted by Gasteiger charge is 2.25. The second kappa shape index (κ2) is 6.83. The lowest BCUT2D eigenvalue weighted by molar-refractivity contribution is 0.0910. The van der Waals surface area contributed by atoms with E-state index in [2.05, 4.69) is 37.7 Å². The van der Waals surface area contributed by atoms with Crippen molar-refractivity contribution in [3.63, 3.8) is 0 Å². The molecule has 0 aliphatic carbocycles. The molecule has 1 aromatic heterocycles. The van der Waals surface area contributed by atoms with Crippen LogP contribution in [0, 0.1) is 5.92 Å². The number of nitrogens with one attached hydrogen (secondary N) is 1. The van der Waals surface area contributed by atoms with Crippen LogP contribution in [0.5, 0.6) is 5.75 Å². The highest BCUT2D eigenvalue weighted by Crippen LogP contribution is 2.28. The van der Waals surface area contributed by atoms with Gasteiger partial charge < -0.3 is 14.6 Å². The molecule has 1 unspecified atom stereocenters. The van der Waals surface area contributed by atoms with E-state index < -0.39 is 0 Å². The zero-order valence-electron chi connectivity index (χ0n) is 14.3. The SMILES string of the molecule is CCC1CCc2nc(C(=O)N[C@H]3COc4ccc(Br)cc4C3)cn2C1. The largest absolute Gasteiger partial charge is 0.491 e. The van der Waals surface area contributed by atoms with E-state index in [0.29, 0.717) is 18.2 Å². The van der Waals surface area contributed by atoms with E-state index in [9.17, 15) is 4.79 Å². The summed E-state index contributed by atoms with van der Waals surface area (Å²) in [5, 5.41) is 3.07. The lowest BCUT2D eigenvalue weighted by Crippen LogP contribution is -2.42. The van der Waals surface area contributed by atoms with E-state index in [1.165, 1.54) is 6.42 Å². The molecule has 2 aliphatic rings. The lowest BCUT2D eigenvalue weighted by Gasteiger charge is -2.26. The number of hydrogen-bond acceptors (Lipinski definition) is 3. The van der Waals surface area contributed by atoms with Gasteiger partial charge in [0, 0.05) is 23.6 Å². The second-order valence-electron chi connectivity index (χ2n) is 6.95. The average Bonchev–Trinajstić information content (AvgIpc) is 3.04. The Kier molecular flexibility index (Phi) is 4.54. The summed E-state index contributed by atoms with van der Waals surface area (Å²) < 4.78 is 8.95. The minimum Gasteiger partial charge on any atom is -0.491 e. The molecule has 1 amide bonds. The quantitative estimate of drug-likeness (QED) is 0.854. The number of fused-ring (bicyclic) bond motifs is 2. The summed E-state index contributed by atoms with van der Waals surface area (Å²) in [7, 11) is 0. The first-order valence-electron chi connectivity index (χ1n) is 8.90. The van der Waals surface area contributed by atoms with E-state index in [0.717, 1.165) is 47.4 Å². The third-order valence-corrected chi connectivity index (χ3v) is 5.66. The first-order valence-corrected chi connectivity index (χ1v) is 9.69. The van der Waals surface area contributed by atoms with Gasteiger partial charge in [0.15, 0.2) is 0 Å². The van der Waals surface area contributed by atoms with Crippen LogP contribution in [0.4, 0.5) is 0 Å². The summed E-state index contributed by atoms with van der Waals surface area (Å²) in [4.78, 5) is 17.2. The fourth-order valence-electron chi connectivity index (χ4n) is 3.67. The first kappa shape index (κ1) is 16.6. The first-order chi connectivity index (χ1) is 12.1. The van der Waals surface area contributed by atoms with Gasteiger partial charge in [-0.05, 0) is 42.5 Å². The number of aromatic nitrogens is 2. The predicted molar refractivity (Wildman–Crippen MR) is 98.9 cm³/mol. The van der Waals surface area contributed by atoms with Crippen molar-refractivity contribution in [3.05, 3.63) is 46.0 Å². The fraction of sp³-hybridized carbons (Fsp3) is 0.474. The van der Waals surface area contributed by atoms with E-state index in [-0.39, 0.29) is 11.9 Å². The molecule has 1 N–H and O–H groups in total. The molecule has 2 aromatic rings. The average molecular weight is 404 g/mol. The minimum atomic E-state index is -0.109. The maximum Gasteiger partial charge on any atom is 0.271 e. The van der Waals surface area contributed by atoms with Gasteiger partial charge in [0.05, 0.1) is 6.04 Å². The van der Waals surface area contributed by atoms with Crippen LogP contribution in [0.3, 0.4) is 0 Å². The molecule has 0 bridgehead atoms. The molecule has 0 saturated carbocycles. The van der Waals surface area contributed by atoms with Gasteiger partial charge in [-0.25, -0.2) is 4.98 Å². The van der Waals surface area contributed by atoms with Crippen molar-refractivity contribution in [3.8, 4) is 5.75 Å². The molecule has 25 heavy (non-hydrogen) atoms. The van der Waals surface area contributed by atoms with Gasteiger partial charge in [-0.1, -0.05) is 29.3 Å². The fourth-order valence-corrected chi connectivity index (χ4v) is 4.08. The molecule has 0 saturated heterocycles. The van der Waals surface area contributed by atoms with E-state index in [4.69, 9.17) is 4.74 Å². The second-order valence-corrected chi connectivity index (χ2v) is 7.86. The maximum atomic E-state index is 12.6. The van der Waals surface area contributed by atoms with Gasteiger partial charge in [0.2, 0.25) is 0 Å². The highest BCUT2D eigenvalue weighted by atomic mass is 79.9. The van der Waals surface area contributed by atoms with Gasteiger partial charge in [0.1, 0.15) is 23.9 Å². The van der Waals surface area contributed by atoms with Crippen LogP contribution < -0.4 is 10.1 Å². The van der Waals surface area contributed by atoms with E-state index in [1.54, 1.807) is 0 Å². The molecule has 3 heterocycles. The van der Waals surface area contributed by atoms with Crippen molar-refractivity contribution >= 4 is 21.8 Å². The predicted octanol–water partition coefficient (Wildman–Crippen LogP) is 3.35. The summed E-state index contributed by atoms with van der Waals surface area (Å²) in [5.41, 5.74) is 1.63. The Hall–Kier alpha value is -1.82. The molecule has 132 valence electrons. The van der Waals surface area contributed by atoms with E-state index >= 15 is 0 Å². The molecular weight excluding hydrogens is 382 g/mol. The molecule has 2 atom stereocenters. The van der Waals surface area contributed by atoms with Gasteiger partial charge in [-0.15, -0.1) is 0 Å². The van der Waals surface area contributed by atoms with Crippen LogP contribution in [0.2, 0.25) is 0 Å². The van der Waals surface area contributed by atoms with Crippen LogP contribution in [-0.4, -0.2) is 28.1 Å². The Morgan fingerprint density at radius 2 is 2.36 bits per heavy atom. The van der Waals surface area contributed by atoms with Crippen LogP contribution in [0.1, 0.15) is 41.6 Å². The number of nitrogens with zero attached hydrogens (tertiary/aromatic N) is 2. The summed E-state index contributed by atoms with van der Waals surface area (Å²) in [5.74, 6) is 2.52. The minimum absolute atomic E-state index is 0.0311. The Bertz CT molecular complexity index is 802. The van der Waals surface area contributed by atoms with Gasteiger partial charge >= 0.3 is 0 Å². The standard InChI is InChI=1S/C19H22BrN3O2/c1-2-12-3-6-18-22-16(10-23(18)9-12)19(24)21-15-8-13-7-14(20)4-5-17(13)25-11-15/h4-5,7,10,12,15H,2-3,6,8-9,11H2,1H3,(H,21,24)/t12?,15-/m1/s1. The topological polar surface area (TPSA) is 56.1 Å². The highest BCUT2D eigenvalue weighted by molar-refractivity contribution is 9.10. The van der Waals surface area contributed by atoms with Crippen molar-refractivity contribution in [1.29, 1.82) is 0 Å². The summed E-state index contributed by atoms with van der Waals surface area (Å²) in [6.07, 6.45) is 5.97. The van der Waals surface area contributed by atoms with Crippen molar-refractivity contribution in [2.24, 2.45) is 5.92 Å². The van der Waals surface area contributed by atoms with Gasteiger partial charge in [-0.3, -0.25) is 4.79 Å². The number of halogens is 1. The number of benzene rings is 1. The van der Waals surface area contributed by atoms with Crippen LogP contribution in [0.25, 0.3) is 0 Å². The molecule has 0 spiro atoms. The monoisotopic (exact) mass is 403 g/mol. The number of amides is 1. The summed E-state index contributed by atoms with van der Waals surface area (Å²) in [6.45, 7) is 3.69. The number of imidazole rings is 1. The maximum absolute atomic E-state index is 12.6. The molecule has 0 fully saturated rings. The summed E-state index contributed by atoms with van der Waals surface area (Å²) in [6, 6.07) is 5.95. The molecule has 0 radical (unpaired) electrons. The third-order valence-electron chi connectivity index (χ3n) is 5.16. The van der Waals surface area contributed by atoms with Crippen LogP contribution in [0.15, 0.2) is 28.9 Å². The Labute approximate surface area is 155 Å². The van der Waals surface area contributed by atoms with Crippen molar-refractivity contribution in [1.82, 2.24) is 14.9 Å². The summed E-state index contributed by atoms with van der Waals surface area (Å²) >= 11 is 3.49. The molecular formula is C19H22BrN3O2. The van der Waals surface area contributed by atoms with Crippen LogP contribution >= 0.6 is 15.9 Å². The zero-order valence-corrected chi connectivity index (χ0v) is 15.9. The van der Waals surface area contributed by atoms with Crippen LogP contribution in [-0.2, 0) is 19.4 Å². The molecule has 4 rings (SSSR count).